The van der Waals surface area contributed by atoms with Gasteiger partial charge in [-0.25, -0.2) is 4.79 Å². The molecule has 0 fully saturated rings. The number of nitrogens with zero attached hydrogens (tertiary/aromatic N) is 4. The van der Waals surface area contributed by atoms with E-state index >= 15 is 0 Å². The molecule has 1 aliphatic carbocycles. The van der Waals surface area contributed by atoms with E-state index in [1.807, 2.05) is 23.7 Å². The summed E-state index contributed by atoms with van der Waals surface area (Å²) in [4.78, 5) is 13.5. The summed E-state index contributed by atoms with van der Waals surface area (Å²) in [6.45, 7) is 1.50. The summed E-state index contributed by atoms with van der Waals surface area (Å²) in [6.07, 6.45) is 3.09. The number of carboxylic acid groups (broad SMARTS) is 1. The highest BCUT2D eigenvalue weighted by atomic mass is 16.4. The van der Waals surface area contributed by atoms with Gasteiger partial charge >= 0.3 is 5.97 Å². The number of aromatic carboxylic acids is 1. The van der Waals surface area contributed by atoms with E-state index in [0.717, 1.165) is 37.1 Å². The third-order valence-electron chi connectivity index (χ3n) is 3.77. The van der Waals surface area contributed by atoms with E-state index in [2.05, 4.69) is 11.2 Å². The molecule has 1 aromatic rings. The van der Waals surface area contributed by atoms with E-state index in [-0.39, 0.29) is 11.6 Å². The summed E-state index contributed by atoms with van der Waals surface area (Å²) in [6, 6.07) is 2.17. The Morgan fingerprint density at radius 3 is 2.95 bits per heavy atom. The van der Waals surface area contributed by atoms with Crippen LogP contribution < -0.4 is 0 Å². The lowest BCUT2D eigenvalue weighted by Gasteiger charge is -2.22. The van der Waals surface area contributed by atoms with Gasteiger partial charge in [0.05, 0.1) is 12.6 Å². The molecule has 1 atom stereocenters. The van der Waals surface area contributed by atoms with Gasteiger partial charge in [-0.1, -0.05) is 0 Å². The molecule has 2 rings (SSSR count). The van der Waals surface area contributed by atoms with E-state index < -0.39 is 5.97 Å². The first kappa shape index (κ1) is 14.5. The summed E-state index contributed by atoms with van der Waals surface area (Å²) in [5.74, 6) is -0.974. The molecule has 6 nitrogen and oxygen atoms in total. The molecule has 0 saturated heterocycles. The average Bonchev–Trinajstić information content (AvgIpc) is 2.77. The Balaban J connectivity index is 2.39. The zero-order valence-corrected chi connectivity index (χ0v) is 12.0. The molecule has 0 saturated carbocycles. The second-order valence-corrected chi connectivity index (χ2v) is 5.49. The summed E-state index contributed by atoms with van der Waals surface area (Å²) in [5.41, 5.74) is 1.94. The zero-order valence-electron chi connectivity index (χ0n) is 12.0. The Morgan fingerprint density at radius 1 is 1.60 bits per heavy atom. The number of likely N-dealkylation sites (N-methyl/N-ethyl adjacent to an activating group) is 1. The lowest BCUT2D eigenvalue weighted by Crippen LogP contribution is -2.21. The van der Waals surface area contributed by atoms with Crippen molar-refractivity contribution in [1.82, 2.24) is 14.7 Å². The monoisotopic (exact) mass is 276 g/mol. The van der Waals surface area contributed by atoms with Crippen LogP contribution in [0.2, 0.25) is 0 Å². The Labute approximate surface area is 118 Å². The van der Waals surface area contributed by atoms with Gasteiger partial charge in [0.15, 0.2) is 5.69 Å². The van der Waals surface area contributed by atoms with Crippen LogP contribution in [0.3, 0.4) is 0 Å². The van der Waals surface area contributed by atoms with Crippen molar-refractivity contribution in [3.05, 3.63) is 17.0 Å². The third kappa shape index (κ3) is 2.83. The normalized spacial score (nSPS) is 17.8. The van der Waals surface area contributed by atoms with Crippen LogP contribution >= 0.6 is 0 Å². The summed E-state index contributed by atoms with van der Waals surface area (Å²) in [7, 11) is 3.96. The maximum absolute atomic E-state index is 11.4. The minimum atomic E-state index is -0.991. The van der Waals surface area contributed by atoms with E-state index in [1.54, 1.807) is 0 Å². The van der Waals surface area contributed by atoms with Gasteiger partial charge in [0.2, 0.25) is 0 Å². The molecular weight excluding hydrogens is 256 g/mol. The summed E-state index contributed by atoms with van der Waals surface area (Å²) < 4.78 is 1.82. The first-order valence-corrected chi connectivity index (χ1v) is 6.89. The summed E-state index contributed by atoms with van der Waals surface area (Å²) in [5, 5.41) is 22.6. The molecule has 1 unspecified atom stereocenters. The van der Waals surface area contributed by atoms with Crippen LogP contribution in [0.25, 0.3) is 0 Å². The van der Waals surface area contributed by atoms with Crippen LogP contribution in [0.15, 0.2) is 0 Å². The number of hydrogen-bond donors (Lipinski definition) is 1. The predicted molar refractivity (Wildman–Crippen MR) is 73.6 cm³/mol. The third-order valence-corrected chi connectivity index (χ3v) is 3.77. The highest BCUT2D eigenvalue weighted by molar-refractivity contribution is 5.87. The molecule has 0 spiro atoms. The maximum atomic E-state index is 11.4. The molecule has 0 radical (unpaired) electrons. The molecule has 0 aromatic carbocycles. The lowest BCUT2D eigenvalue weighted by atomic mass is 9.83. The largest absolute Gasteiger partial charge is 0.476 e. The fraction of sp³-hybridized carbons (Fsp3) is 0.643. The Hall–Kier alpha value is -1.87. The van der Waals surface area contributed by atoms with Crippen molar-refractivity contribution in [2.75, 3.05) is 20.6 Å². The first-order valence-electron chi connectivity index (χ1n) is 6.89. The number of aromatic nitrogens is 2. The van der Waals surface area contributed by atoms with Crippen molar-refractivity contribution in [1.29, 1.82) is 5.26 Å². The topological polar surface area (TPSA) is 82.2 Å². The zero-order chi connectivity index (χ0) is 14.7. The maximum Gasteiger partial charge on any atom is 0.356 e. The van der Waals surface area contributed by atoms with Gasteiger partial charge in [-0.3, -0.25) is 4.68 Å². The van der Waals surface area contributed by atoms with Crippen LogP contribution in [-0.4, -0.2) is 46.4 Å². The molecule has 1 aromatic heterocycles. The predicted octanol–water partition coefficient (Wildman–Crippen LogP) is 1.48. The molecule has 6 heteroatoms. The second kappa shape index (κ2) is 6.06. The van der Waals surface area contributed by atoms with E-state index in [0.29, 0.717) is 13.0 Å². The van der Waals surface area contributed by atoms with Crippen LogP contribution in [0.4, 0.5) is 0 Å². The summed E-state index contributed by atoms with van der Waals surface area (Å²) >= 11 is 0. The standard InChI is InChI=1S/C14H20N4O2/c1-17(2)8-9-18-11-5-3-4-10(6-7-15)12(11)13(16-18)14(19)20/h10H,3-6,8-9H2,1-2H3,(H,19,20). The molecular formula is C14H20N4O2. The lowest BCUT2D eigenvalue weighted by molar-refractivity contribution is 0.0687. The van der Waals surface area contributed by atoms with Gasteiger partial charge < -0.3 is 10.0 Å². The minimum Gasteiger partial charge on any atom is -0.476 e. The Morgan fingerprint density at radius 2 is 2.35 bits per heavy atom. The van der Waals surface area contributed by atoms with Crippen molar-refractivity contribution in [3.8, 4) is 6.07 Å². The quantitative estimate of drug-likeness (QED) is 0.880. The van der Waals surface area contributed by atoms with Gasteiger partial charge in [-0.15, -0.1) is 0 Å². The fourth-order valence-corrected chi connectivity index (χ4v) is 2.82. The molecule has 1 aliphatic rings. The molecule has 108 valence electrons. The van der Waals surface area contributed by atoms with Crippen molar-refractivity contribution in [2.45, 2.75) is 38.1 Å². The van der Waals surface area contributed by atoms with E-state index in [9.17, 15) is 9.90 Å². The molecule has 0 amide bonds. The number of nitriles is 1. The SMILES string of the molecule is CN(C)CCn1nc(C(=O)O)c2c1CCCC2CC#N. The van der Waals surface area contributed by atoms with Crippen LogP contribution in [-0.2, 0) is 13.0 Å². The van der Waals surface area contributed by atoms with Crippen LogP contribution in [0.5, 0.6) is 0 Å². The molecule has 20 heavy (non-hydrogen) atoms. The van der Waals surface area contributed by atoms with Gasteiger partial charge in [0, 0.05) is 30.1 Å². The fourth-order valence-electron chi connectivity index (χ4n) is 2.82. The Kier molecular flexibility index (Phi) is 4.40. The highest BCUT2D eigenvalue weighted by Gasteiger charge is 2.31. The van der Waals surface area contributed by atoms with Crippen LogP contribution in [0.1, 0.15) is 46.9 Å². The van der Waals surface area contributed by atoms with Crippen LogP contribution in [0, 0.1) is 11.3 Å². The van der Waals surface area contributed by atoms with Gasteiger partial charge in [0.1, 0.15) is 0 Å². The van der Waals surface area contributed by atoms with Crippen molar-refractivity contribution >= 4 is 5.97 Å². The smallest absolute Gasteiger partial charge is 0.356 e. The van der Waals surface area contributed by atoms with Gasteiger partial charge in [-0.2, -0.15) is 10.4 Å². The Bertz CT molecular complexity index is 542. The minimum absolute atomic E-state index is 0.0166. The molecule has 1 N–H and O–H groups in total. The number of carboxylic acids is 1. The van der Waals surface area contributed by atoms with E-state index in [1.165, 1.54) is 0 Å². The van der Waals surface area contributed by atoms with Crippen molar-refractivity contribution in [3.63, 3.8) is 0 Å². The highest BCUT2D eigenvalue weighted by Crippen LogP contribution is 2.36. The van der Waals surface area contributed by atoms with E-state index in [4.69, 9.17) is 5.26 Å². The van der Waals surface area contributed by atoms with Crippen molar-refractivity contribution < 1.29 is 9.90 Å². The number of rotatable bonds is 5. The first-order chi connectivity index (χ1) is 9.54. The number of carbonyl (C=O) groups is 1. The number of hydrogen-bond acceptors (Lipinski definition) is 4. The van der Waals surface area contributed by atoms with Gasteiger partial charge in [0.25, 0.3) is 0 Å². The second-order valence-electron chi connectivity index (χ2n) is 5.49. The average molecular weight is 276 g/mol. The van der Waals surface area contributed by atoms with Gasteiger partial charge in [-0.05, 0) is 33.4 Å². The molecule has 0 aliphatic heterocycles. The molecule has 0 bridgehead atoms. The number of fused-ring (bicyclic) bond motifs is 1. The molecule has 1 heterocycles. The van der Waals surface area contributed by atoms with Crippen molar-refractivity contribution in [2.24, 2.45) is 0 Å².